The van der Waals surface area contributed by atoms with E-state index in [4.69, 9.17) is 11.6 Å². The van der Waals surface area contributed by atoms with Crippen molar-refractivity contribution in [1.29, 1.82) is 0 Å². The fourth-order valence-corrected chi connectivity index (χ4v) is 4.55. The van der Waals surface area contributed by atoms with Crippen molar-refractivity contribution >= 4 is 60.7 Å². The van der Waals surface area contributed by atoms with Crippen LogP contribution in [0.1, 0.15) is 41.8 Å². The summed E-state index contributed by atoms with van der Waals surface area (Å²) in [7, 11) is 0. The van der Waals surface area contributed by atoms with Crippen LogP contribution in [0.4, 0.5) is 0 Å². The second kappa shape index (κ2) is 6.25. The van der Waals surface area contributed by atoms with Gasteiger partial charge in [-0.05, 0) is 50.8 Å². The van der Waals surface area contributed by atoms with E-state index < -0.39 is 0 Å². The second-order valence-electron chi connectivity index (χ2n) is 4.66. The van der Waals surface area contributed by atoms with Gasteiger partial charge in [0.25, 0.3) is 5.91 Å². The topological polar surface area (TPSA) is 29.1 Å². The van der Waals surface area contributed by atoms with Gasteiger partial charge in [-0.25, -0.2) is 0 Å². The van der Waals surface area contributed by atoms with Crippen molar-refractivity contribution in [2.45, 2.75) is 37.6 Å². The number of carbonyl (C=O) groups excluding carboxylic acids is 1. The summed E-state index contributed by atoms with van der Waals surface area (Å²) in [5.41, 5.74) is -0.209. The third-order valence-electron chi connectivity index (χ3n) is 3.31. The Bertz CT molecular complexity index is 424. The van der Waals surface area contributed by atoms with Crippen LogP contribution in [0, 0.1) is 0 Å². The molecule has 0 spiro atoms. The molecule has 1 aliphatic carbocycles. The minimum atomic E-state index is -0.209. The first-order chi connectivity index (χ1) is 8.56. The molecule has 0 aliphatic heterocycles. The average Bonchev–Trinajstić information content (AvgIpc) is 2.71. The van der Waals surface area contributed by atoms with E-state index in [1.165, 1.54) is 17.8 Å². The van der Waals surface area contributed by atoms with Crippen molar-refractivity contribution in [2.75, 3.05) is 5.88 Å². The molecule has 1 heterocycles. The Kier molecular flexibility index (Phi) is 5.14. The van der Waals surface area contributed by atoms with E-state index >= 15 is 0 Å². The first kappa shape index (κ1) is 14.8. The summed E-state index contributed by atoms with van der Waals surface area (Å²) in [4.78, 5) is 13.0. The van der Waals surface area contributed by atoms with Crippen LogP contribution < -0.4 is 5.32 Å². The predicted octanol–water partition coefficient (Wildman–Crippen LogP) is 4.94. The molecule has 0 atom stereocenters. The maximum absolute atomic E-state index is 12.2. The largest absolute Gasteiger partial charge is 0.345 e. The van der Waals surface area contributed by atoms with E-state index in [9.17, 15) is 4.79 Å². The first-order valence-corrected chi connectivity index (χ1v) is 8.83. The number of hydrogen-bond acceptors (Lipinski definition) is 2. The third kappa shape index (κ3) is 3.30. The Labute approximate surface area is 133 Å². The van der Waals surface area contributed by atoms with E-state index in [1.807, 2.05) is 6.07 Å². The van der Waals surface area contributed by atoms with Gasteiger partial charge in [0.15, 0.2) is 0 Å². The quantitative estimate of drug-likeness (QED) is 0.696. The Morgan fingerprint density at radius 1 is 1.39 bits per heavy atom. The number of carbonyl (C=O) groups is 1. The highest BCUT2D eigenvalue weighted by Gasteiger charge is 2.33. The molecule has 2 nitrogen and oxygen atoms in total. The van der Waals surface area contributed by atoms with Gasteiger partial charge < -0.3 is 5.32 Å². The Morgan fingerprint density at radius 2 is 2.06 bits per heavy atom. The van der Waals surface area contributed by atoms with Gasteiger partial charge in [0.05, 0.1) is 14.2 Å². The number of hydrogen-bond donors (Lipinski definition) is 1. The lowest BCUT2D eigenvalue weighted by Gasteiger charge is -2.36. The van der Waals surface area contributed by atoms with E-state index in [2.05, 4.69) is 37.2 Å². The summed E-state index contributed by atoms with van der Waals surface area (Å²) in [6, 6.07) is 1.84. The molecule has 0 aromatic carbocycles. The average molecular weight is 416 g/mol. The smallest absolute Gasteiger partial charge is 0.261 e. The molecule has 1 aromatic rings. The zero-order valence-electron chi connectivity index (χ0n) is 9.77. The fraction of sp³-hybridized carbons (Fsp3) is 0.583. The van der Waals surface area contributed by atoms with Crippen LogP contribution in [0.5, 0.6) is 0 Å². The molecule has 1 amide bonds. The maximum Gasteiger partial charge on any atom is 0.261 e. The van der Waals surface area contributed by atoms with E-state index in [0.29, 0.717) is 10.8 Å². The normalized spacial score (nSPS) is 18.6. The molecule has 2 rings (SSSR count). The molecule has 0 saturated heterocycles. The van der Waals surface area contributed by atoms with Crippen molar-refractivity contribution in [3.8, 4) is 0 Å². The van der Waals surface area contributed by atoms with Gasteiger partial charge in [-0.1, -0.05) is 19.3 Å². The first-order valence-electron chi connectivity index (χ1n) is 5.90. The van der Waals surface area contributed by atoms with Crippen LogP contribution in [0.25, 0.3) is 0 Å². The lowest BCUT2D eigenvalue weighted by molar-refractivity contribution is 0.0889. The van der Waals surface area contributed by atoms with E-state index in [1.54, 1.807) is 0 Å². The highest BCUT2D eigenvalue weighted by atomic mass is 79.9. The van der Waals surface area contributed by atoms with Gasteiger partial charge in [0.2, 0.25) is 0 Å². The molecule has 1 saturated carbocycles. The number of nitrogens with one attached hydrogen (secondary N) is 1. The van der Waals surface area contributed by atoms with Crippen LogP contribution >= 0.6 is 54.8 Å². The van der Waals surface area contributed by atoms with Crippen molar-refractivity contribution in [3.05, 3.63) is 19.2 Å². The van der Waals surface area contributed by atoms with Crippen molar-refractivity contribution in [3.63, 3.8) is 0 Å². The molecule has 6 heteroatoms. The number of halogens is 3. The van der Waals surface area contributed by atoms with Crippen molar-refractivity contribution in [1.82, 2.24) is 5.32 Å². The summed E-state index contributed by atoms with van der Waals surface area (Å²) in [6.07, 6.45) is 5.49. The van der Waals surface area contributed by atoms with E-state index in [-0.39, 0.29) is 11.4 Å². The highest BCUT2D eigenvalue weighted by molar-refractivity contribution is 9.13. The van der Waals surface area contributed by atoms with Crippen LogP contribution in [0.2, 0.25) is 0 Å². The van der Waals surface area contributed by atoms with Gasteiger partial charge in [-0.3, -0.25) is 4.79 Å². The summed E-state index contributed by atoms with van der Waals surface area (Å²) in [6.45, 7) is 0. The number of alkyl halides is 1. The highest BCUT2D eigenvalue weighted by Crippen LogP contribution is 2.34. The Morgan fingerprint density at radius 3 is 2.56 bits per heavy atom. The summed E-state index contributed by atoms with van der Waals surface area (Å²) in [5.74, 6) is 0.473. The molecule has 0 bridgehead atoms. The number of thiophene rings is 1. The third-order valence-corrected chi connectivity index (χ3v) is 7.08. The lowest BCUT2D eigenvalue weighted by atomic mass is 9.83. The van der Waals surface area contributed by atoms with Crippen LogP contribution in [-0.2, 0) is 0 Å². The monoisotopic (exact) mass is 413 g/mol. The number of rotatable bonds is 3. The SMILES string of the molecule is O=C(NC1(CCl)CCCCC1)c1cc(Br)c(Br)s1. The summed E-state index contributed by atoms with van der Waals surface area (Å²) >= 11 is 14.3. The van der Waals surface area contributed by atoms with Crippen LogP contribution in [0.15, 0.2) is 14.3 Å². The minimum Gasteiger partial charge on any atom is -0.345 e. The minimum absolute atomic E-state index is 0.0195. The fourth-order valence-electron chi connectivity index (χ4n) is 2.28. The summed E-state index contributed by atoms with van der Waals surface area (Å²) in [5, 5.41) is 3.14. The molecule has 0 unspecified atom stereocenters. The predicted molar refractivity (Wildman–Crippen MR) is 83.7 cm³/mol. The summed E-state index contributed by atoms with van der Waals surface area (Å²) < 4.78 is 1.86. The molecule has 1 aliphatic rings. The molecule has 1 fully saturated rings. The molecular formula is C12H14Br2ClNOS. The molecular weight excluding hydrogens is 401 g/mol. The molecule has 100 valence electrons. The van der Waals surface area contributed by atoms with Gasteiger partial charge in [-0.2, -0.15) is 0 Å². The van der Waals surface area contributed by atoms with Gasteiger partial charge in [-0.15, -0.1) is 22.9 Å². The van der Waals surface area contributed by atoms with Gasteiger partial charge >= 0.3 is 0 Å². The van der Waals surface area contributed by atoms with E-state index in [0.717, 1.165) is 33.9 Å². The standard InChI is InChI=1S/C12H14Br2ClNOS/c13-8-6-9(18-10(8)14)11(17)16-12(7-15)4-2-1-3-5-12/h6H,1-5,7H2,(H,16,17). The maximum atomic E-state index is 12.2. The van der Waals surface area contributed by atoms with Crippen molar-refractivity contribution in [2.24, 2.45) is 0 Å². The van der Waals surface area contributed by atoms with Crippen LogP contribution in [-0.4, -0.2) is 17.3 Å². The molecule has 18 heavy (non-hydrogen) atoms. The Balaban J connectivity index is 2.09. The van der Waals surface area contributed by atoms with Crippen LogP contribution in [0.3, 0.4) is 0 Å². The van der Waals surface area contributed by atoms with Crippen molar-refractivity contribution < 1.29 is 4.79 Å². The molecule has 1 N–H and O–H groups in total. The van der Waals surface area contributed by atoms with Gasteiger partial charge in [0.1, 0.15) is 0 Å². The zero-order chi connectivity index (χ0) is 13.2. The second-order valence-corrected chi connectivity index (χ2v) is 8.15. The Hall–Kier alpha value is 0.420. The zero-order valence-corrected chi connectivity index (χ0v) is 14.5. The molecule has 0 radical (unpaired) electrons. The number of amides is 1. The molecule has 1 aromatic heterocycles. The lowest BCUT2D eigenvalue weighted by Crippen LogP contribution is -2.51. The van der Waals surface area contributed by atoms with Gasteiger partial charge in [0, 0.05) is 10.4 Å².